The molecule has 5 nitrogen and oxygen atoms in total. The molecule has 1 aromatic heterocycles. The van der Waals surface area contributed by atoms with E-state index in [2.05, 4.69) is 10.3 Å². The number of aliphatic hydroxyl groups is 1. The average molecular weight is 319 g/mol. The van der Waals surface area contributed by atoms with Crippen LogP contribution in [0.4, 0.5) is 5.69 Å². The molecule has 0 unspecified atom stereocenters. The Hall–Kier alpha value is -1.92. The highest BCUT2D eigenvalue weighted by Gasteiger charge is 2.18. The number of aromatic nitrogens is 1. The highest BCUT2D eigenvalue weighted by molar-refractivity contribution is 7.13. The van der Waals surface area contributed by atoms with Gasteiger partial charge in [-0.3, -0.25) is 4.79 Å². The van der Waals surface area contributed by atoms with E-state index in [-0.39, 0.29) is 24.3 Å². The summed E-state index contributed by atoms with van der Waals surface area (Å²) in [7, 11) is 0. The van der Waals surface area contributed by atoms with Crippen LogP contribution < -0.4 is 11.1 Å². The minimum absolute atomic E-state index is 0.0292. The summed E-state index contributed by atoms with van der Waals surface area (Å²) in [5, 5.41) is 14.7. The number of benzene rings is 1. The second kappa shape index (κ2) is 6.89. The first-order valence-electron chi connectivity index (χ1n) is 7.08. The van der Waals surface area contributed by atoms with E-state index in [9.17, 15) is 9.90 Å². The molecule has 0 fully saturated rings. The van der Waals surface area contributed by atoms with Crippen molar-refractivity contribution in [3.05, 3.63) is 35.3 Å². The van der Waals surface area contributed by atoms with Crippen LogP contribution in [0.1, 0.15) is 19.5 Å². The molecule has 0 aliphatic heterocycles. The summed E-state index contributed by atoms with van der Waals surface area (Å²) >= 11 is 1.48. The number of amides is 1. The number of hydrogen-bond donors (Lipinski definition) is 3. The topological polar surface area (TPSA) is 88.2 Å². The van der Waals surface area contributed by atoms with E-state index in [4.69, 9.17) is 5.73 Å². The van der Waals surface area contributed by atoms with Crippen molar-refractivity contribution in [1.29, 1.82) is 0 Å². The number of hydrogen-bond acceptors (Lipinski definition) is 5. The van der Waals surface area contributed by atoms with Gasteiger partial charge in [0.15, 0.2) is 0 Å². The lowest BCUT2D eigenvalue weighted by molar-refractivity contribution is -0.121. The van der Waals surface area contributed by atoms with Crippen LogP contribution in [0, 0.1) is 5.41 Å². The predicted octanol–water partition coefficient (Wildman–Crippen LogP) is 2.07. The third kappa shape index (κ3) is 4.29. The molecule has 0 saturated carbocycles. The number of nitrogens with zero attached hydrogens (tertiary/aromatic N) is 1. The molecule has 0 spiro atoms. The molecule has 118 valence electrons. The molecule has 0 radical (unpaired) electrons. The van der Waals surface area contributed by atoms with Crippen molar-refractivity contribution in [2.45, 2.75) is 20.3 Å². The maximum atomic E-state index is 11.9. The fraction of sp³-hybridized carbons (Fsp3) is 0.375. The second-order valence-corrected chi connectivity index (χ2v) is 6.87. The first-order valence-corrected chi connectivity index (χ1v) is 7.96. The van der Waals surface area contributed by atoms with Gasteiger partial charge in [-0.1, -0.05) is 26.0 Å². The highest BCUT2D eigenvalue weighted by Crippen LogP contribution is 2.28. The monoisotopic (exact) mass is 319 g/mol. The maximum Gasteiger partial charge on any atom is 0.226 e. The first-order chi connectivity index (χ1) is 10.4. The SMILES string of the molecule is CC(C)(CO)CNC(=O)Cc1csc(-c2ccccc2N)n1. The average Bonchev–Trinajstić information content (AvgIpc) is 2.94. The fourth-order valence-electron chi connectivity index (χ4n) is 1.82. The number of aliphatic hydroxyl groups excluding tert-OH is 1. The molecule has 2 rings (SSSR count). The molecule has 0 bridgehead atoms. The molecule has 0 saturated heterocycles. The fourth-order valence-corrected chi connectivity index (χ4v) is 2.69. The molecule has 4 N–H and O–H groups in total. The van der Waals surface area contributed by atoms with Gasteiger partial charge in [0.05, 0.1) is 12.1 Å². The summed E-state index contributed by atoms with van der Waals surface area (Å²) in [6.07, 6.45) is 0.227. The lowest BCUT2D eigenvalue weighted by Gasteiger charge is -2.21. The number of thiazole rings is 1. The first kappa shape index (κ1) is 16.5. The van der Waals surface area contributed by atoms with E-state index < -0.39 is 0 Å². The Morgan fingerprint density at radius 3 is 2.82 bits per heavy atom. The van der Waals surface area contributed by atoms with E-state index >= 15 is 0 Å². The summed E-state index contributed by atoms with van der Waals surface area (Å²) in [6, 6.07) is 7.54. The van der Waals surface area contributed by atoms with Gasteiger partial charge in [0.25, 0.3) is 0 Å². The number of carbonyl (C=O) groups excluding carboxylic acids is 1. The normalized spacial score (nSPS) is 11.4. The van der Waals surface area contributed by atoms with Crippen molar-refractivity contribution < 1.29 is 9.90 Å². The van der Waals surface area contributed by atoms with Crippen LogP contribution in [0.25, 0.3) is 10.6 Å². The number of nitrogens with one attached hydrogen (secondary N) is 1. The van der Waals surface area contributed by atoms with E-state index in [0.29, 0.717) is 12.2 Å². The van der Waals surface area contributed by atoms with Crippen LogP contribution in [-0.2, 0) is 11.2 Å². The molecule has 0 aliphatic carbocycles. The van der Waals surface area contributed by atoms with Crippen LogP contribution in [0.5, 0.6) is 0 Å². The highest BCUT2D eigenvalue weighted by atomic mass is 32.1. The number of nitrogen functional groups attached to an aromatic ring is 1. The molecule has 1 heterocycles. The summed E-state index contributed by atoms with van der Waals surface area (Å²) in [5.74, 6) is -0.0978. The van der Waals surface area contributed by atoms with Gasteiger partial charge in [-0.2, -0.15) is 0 Å². The molecule has 1 amide bonds. The largest absolute Gasteiger partial charge is 0.398 e. The van der Waals surface area contributed by atoms with Gasteiger partial charge in [-0.15, -0.1) is 11.3 Å². The summed E-state index contributed by atoms with van der Waals surface area (Å²) < 4.78 is 0. The number of para-hydroxylation sites is 1. The van der Waals surface area contributed by atoms with Gasteiger partial charge < -0.3 is 16.2 Å². The van der Waals surface area contributed by atoms with Crippen LogP contribution >= 0.6 is 11.3 Å². The molecular formula is C16H21N3O2S. The third-order valence-corrected chi connectivity index (χ3v) is 4.20. The van der Waals surface area contributed by atoms with Crippen LogP contribution in [0.15, 0.2) is 29.6 Å². The molecule has 1 aromatic carbocycles. The van der Waals surface area contributed by atoms with Crippen LogP contribution in [-0.4, -0.2) is 29.1 Å². The molecular weight excluding hydrogens is 298 g/mol. The van der Waals surface area contributed by atoms with Gasteiger partial charge in [-0.25, -0.2) is 4.98 Å². The summed E-state index contributed by atoms with van der Waals surface area (Å²) in [6.45, 7) is 4.26. The zero-order valence-electron chi connectivity index (χ0n) is 12.8. The Labute approximate surface area is 134 Å². The Morgan fingerprint density at radius 1 is 1.41 bits per heavy atom. The molecule has 22 heavy (non-hydrogen) atoms. The summed E-state index contributed by atoms with van der Waals surface area (Å²) in [5.41, 5.74) is 7.91. The summed E-state index contributed by atoms with van der Waals surface area (Å²) in [4.78, 5) is 16.4. The van der Waals surface area contributed by atoms with Crippen molar-refractivity contribution in [1.82, 2.24) is 10.3 Å². The van der Waals surface area contributed by atoms with E-state index in [1.807, 2.05) is 43.5 Å². The lowest BCUT2D eigenvalue weighted by Crippen LogP contribution is -2.36. The van der Waals surface area contributed by atoms with E-state index in [0.717, 1.165) is 16.3 Å². The van der Waals surface area contributed by atoms with Gasteiger partial charge in [0, 0.05) is 35.2 Å². The maximum absolute atomic E-state index is 11.9. The van der Waals surface area contributed by atoms with Crippen molar-refractivity contribution in [2.24, 2.45) is 5.41 Å². The number of carbonyl (C=O) groups is 1. The standard InChI is InChI=1S/C16H21N3O2S/c1-16(2,10-20)9-18-14(21)7-11-8-22-15(19-11)12-5-3-4-6-13(12)17/h3-6,8,20H,7,9-10,17H2,1-2H3,(H,18,21). The van der Waals surface area contributed by atoms with Crippen molar-refractivity contribution in [2.75, 3.05) is 18.9 Å². The minimum atomic E-state index is -0.318. The molecule has 6 heteroatoms. The van der Waals surface area contributed by atoms with Gasteiger partial charge in [0.1, 0.15) is 5.01 Å². The third-order valence-electron chi connectivity index (χ3n) is 3.28. The van der Waals surface area contributed by atoms with Gasteiger partial charge in [-0.05, 0) is 12.1 Å². The Balaban J connectivity index is 1.98. The van der Waals surface area contributed by atoms with Crippen molar-refractivity contribution in [3.8, 4) is 10.6 Å². The van der Waals surface area contributed by atoms with Crippen molar-refractivity contribution in [3.63, 3.8) is 0 Å². The quantitative estimate of drug-likeness (QED) is 0.711. The van der Waals surface area contributed by atoms with Crippen LogP contribution in [0.3, 0.4) is 0 Å². The molecule has 0 atom stereocenters. The van der Waals surface area contributed by atoms with E-state index in [1.54, 1.807) is 0 Å². The van der Waals surface area contributed by atoms with E-state index in [1.165, 1.54) is 11.3 Å². The smallest absolute Gasteiger partial charge is 0.226 e. The Bertz CT molecular complexity index is 652. The number of nitrogens with two attached hydrogens (primary N) is 1. The lowest BCUT2D eigenvalue weighted by atomic mass is 9.95. The molecule has 2 aromatic rings. The Kier molecular flexibility index (Phi) is 5.15. The predicted molar refractivity (Wildman–Crippen MR) is 89.5 cm³/mol. The Morgan fingerprint density at radius 2 is 2.14 bits per heavy atom. The zero-order valence-corrected chi connectivity index (χ0v) is 13.6. The van der Waals surface area contributed by atoms with Crippen LogP contribution in [0.2, 0.25) is 0 Å². The van der Waals surface area contributed by atoms with Gasteiger partial charge >= 0.3 is 0 Å². The molecule has 0 aliphatic rings. The zero-order chi connectivity index (χ0) is 16.2. The number of anilines is 1. The second-order valence-electron chi connectivity index (χ2n) is 6.01. The van der Waals surface area contributed by atoms with Crippen molar-refractivity contribution >= 4 is 22.9 Å². The van der Waals surface area contributed by atoms with Gasteiger partial charge in [0.2, 0.25) is 5.91 Å². The minimum Gasteiger partial charge on any atom is -0.398 e. The number of rotatable bonds is 6.